The third-order valence-corrected chi connectivity index (χ3v) is 4.27. The smallest absolute Gasteiger partial charge is 0.369 e. The molecule has 1 heterocycles. The molecule has 8 heteroatoms. The van der Waals surface area contributed by atoms with Crippen molar-refractivity contribution in [3.8, 4) is 0 Å². The minimum absolute atomic E-state index is 0.407. The largest absolute Gasteiger partial charge is 0.544 e. The second-order valence-corrected chi connectivity index (χ2v) is 5.57. The first-order chi connectivity index (χ1) is 7.47. The first kappa shape index (κ1) is 13.4. The lowest BCUT2D eigenvalue weighted by Gasteiger charge is -2.25. The van der Waals surface area contributed by atoms with Crippen molar-refractivity contribution in [1.82, 2.24) is 4.31 Å². The van der Waals surface area contributed by atoms with E-state index in [1.807, 2.05) is 0 Å². The van der Waals surface area contributed by atoms with Crippen LogP contribution in [0.3, 0.4) is 0 Å². The zero-order chi connectivity index (χ0) is 12.2. The summed E-state index contributed by atoms with van der Waals surface area (Å²) in [5, 5.41) is 19.2. The van der Waals surface area contributed by atoms with Gasteiger partial charge in [-0.1, -0.05) is 6.42 Å². The second-order valence-electron chi connectivity index (χ2n) is 3.75. The Hall–Kier alpha value is -0.700. The fourth-order valence-corrected chi connectivity index (χ4v) is 3.14. The third-order valence-electron chi connectivity index (χ3n) is 2.51. The Bertz CT molecular complexity index is 336. The summed E-state index contributed by atoms with van der Waals surface area (Å²) in [4.78, 5) is 10.5. The van der Waals surface area contributed by atoms with Crippen molar-refractivity contribution in [2.75, 3.05) is 19.7 Å². The van der Waals surface area contributed by atoms with Gasteiger partial charge >= 0.3 is 10.2 Å². The van der Waals surface area contributed by atoms with Crippen molar-refractivity contribution >= 4 is 16.2 Å². The molecule has 3 N–H and O–H groups in total. The van der Waals surface area contributed by atoms with Crippen LogP contribution in [0.2, 0.25) is 0 Å². The highest BCUT2D eigenvalue weighted by molar-refractivity contribution is 7.82. The van der Waals surface area contributed by atoms with Crippen LogP contribution >= 0.6 is 0 Å². The van der Waals surface area contributed by atoms with Crippen LogP contribution in [0.4, 0.5) is 0 Å². The molecule has 0 spiro atoms. The number of hydrogen-bond acceptors (Lipinski definition) is 5. The highest BCUT2D eigenvalue weighted by Gasteiger charge is 2.30. The molecule has 0 aromatic rings. The summed E-state index contributed by atoms with van der Waals surface area (Å²) in [7, 11) is -3.71. The fourth-order valence-electron chi connectivity index (χ4n) is 1.59. The molecule has 1 fully saturated rings. The summed E-state index contributed by atoms with van der Waals surface area (Å²) in [5.41, 5.74) is 0. The maximum atomic E-state index is 11.7. The summed E-state index contributed by atoms with van der Waals surface area (Å²) in [6.45, 7) is 0.0451. The van der Waals surface area contributed by atoms with Crippen LogP contribution in [0.25, 0.3) is 0 Å². The number of quaternary nitrogens is 1. The number of hydrogen-bond donors (Lipinski definition) is 2. The highest BCUT2D eigenvalue weighted by Crippen LogP contribution is 2.09. The van der Waals surface area contributed by atoms with Crippen LogP contribution in [0.5, 0.6) is 0 Å². The molecule has 1 aliphatic heterocycles. The predicted molar refractivity (Wildman–Crippen MR) is 52.2 cm³/mol. The lowest BCUT2D eigenvalue weighted by atomic mass is 10.2. The number of carbonyl (C=O) groups is 1. The Morgan fingerprint density at radius 2 is 1.94 bits per heavy atom. The van der Waals surface area contributed by atoms with E-state index in [-0.39, 0.29) is 0 Å². The van der Waals surface area contributed by atoms with E-state index in [4.69, 9.17) is 5.11 Å². The lowest BCUT2D eigenvalue weighted by molar-refractivity contribution is -0.547. The van der Waals surface area contributed by atoms with Crippen molar-refractivity contribution in [3.63, 3.8) is 0 Å². The van der Waals surface area contributed by atoms with Gasteiger partial charge in [0.25, 0.3) is 0 Å². The number of aliphatic carboxylic acids is 1. The standard InChI is InChI=1S/C8H16N2O5S/c11-6-7(8(12)13)9-16(14,15)10-4-2-1-3-5-10/h7,9,11H,1-6H2,(H,12,13)/t7-/m0/s1. The quantitative estimate of drug-likeness (QED) is 0.524. The number of carboxylic acids is 1. The molecule has 0 unspecified atom stereocenters. The van der Waals surface area contributed by atoms with E-state index >= 15 is 0 Å². The van der Waals surface area contributed by atoms with E-state index in [0.717, 1.165) is 19.3 Å². The monoisotopic (exact) mass is 252 g/mol. The maximum Gasteiger partial charge on any atom is 0.369 e. The molecule has 1 atom stereocenters. The molecule has 0 radical (unpaired) electrons. The molecule has 0 saturated carbocycles. The zero-order valence-corrected chi connectivity index (χ0v) is 9.65. The van der Waals surface area contributed by atoms with E-state index < -0.39 is 28.8 Å². The van der Waals surface area contributed by atoms with E-state index in [0.29, 0.717) is 17.8 Å². The van der Waals surface area contributed by atoms with Gasteiger partial charge in [-0.25, -0.2) is 4.72 Å². The molecule has 0 aromatic heterocycles. The van der Waals surface area contributed by atoms with Gasteiger partial charge in [0.05, 0.1) is 0 Å². The number of aliphatic hydroxyl groups is 1. The van der Waals surface area contributed by atoms with Crippen LogP contribution in [0.15, 0.2) is 0 Å². The molecular weight excluding hydrogens is 236 g/mol. The van der Waals surface area contributed by atoms with Crippen molar-refractivity contribution < 1.29 is 28.1 Å². The fraction of sp³-hybridized carbons (Fsp3) is 0.875. The van der Waals surface area contributed by atoms with Gasteiger partial charge in [0.15, 0.2) is 6.04 Å². The first-order valence-electron chi connectivity index (χ1n) is 5.14. The van der Waals surface area contributed by atoms with E-state index in [1.165, 1.54) is 4.31 Å². The van der Waals surface area contributed by atoms with Crippen LogP contribution in [-0.4, -0.2) is 49.5 Å². The lowest BCUT2D eigenvalue weighted by Crippen LogP contribution is -2.98. The molecule has 94 valence electrons. The maximum absolute atomic E-state index is 11.7. The number of nitrogens with zero attached hydrogens (tertiary/aromatic N) is 1. The Morgan fingerprint density at radius 3 is 2.38 bits per heavy atom. The zero-order valence-electron chi connectivity index (χ0n) is 8.83. The molecule has 1 saturated heterocycles. The van der Waals surface area contributed by atoms with Crippen LogP contribution in [0, 0.1) is 0 Å². The van der Waals surface area contributed by atoms with E-state index in [9.17, 15) is 18.3 Å². The van der Waals surface area contributed by atoms with Crippen LogP contribution in [-0.2, 0) is 15.0 Å². The van der Waals surface area contributed by atoms with Crippen molar-refractivity contribution in [2.24, 2.45) is 0 Å². The SMILES string of the molecule is O=C([O-])[C@H](CO)[NH2+]S(=O)(=O)N1CCCCC1. The normalized spacial score (nSPS) is 20.6. The Labute approximate surface area is 94.2 Å². The van der Waals surface area contributed by atoms with Gasteiger partial charge in [0.1, 0.15) is 12.6 Å². The van der Waals surface area contributed by atoms with E-state index in [2.05, 4.69) is 0 Å². The number of nitrogens with two attached hydrogens (primary N) is 1. The van der Waals surface area contributed by atoms with Gasteiger partial charge in [-0.3, -0.25) is 0 Å². The first-order valence-corrected chi connectivity index (χ1v) is 6.64. The molecule has 1 aliphatic rings. The molecule has 0 bridgehead atoms. The summed E-state index contributed by atoms with van der Waals surface area (Å²) >= 11 is 0. The van der Waals surface area contributed by atoms with Crippen molar-refractivity contribution in [1.29, 1.82) is 0 Å². The van der Waals surface area contributed by atoms with Gasteiger partial charge in [-0.15, -0.1) is 0 Å². The Kier molecular flexibility index (Phi) is 4.66. The molecule has 0 aliphatic carbocycles. The Morgan fingerprint density at radius 1 is 1.38 bits per heavy atom. The van der Waals surface area contributed by atoms with Crippen molar-refractivity contribution in [3.05, 3.63) is 0 Å². The Balaban J connectivity index is 2.65. The molecule has 16 heavy (non-hydrogen) atoms. The minimum atomic E-state index is -3.71. The molecule has 0 amide bonds. The molecule has 1 rings (SSSR count). The topological polar surface area (TPSA) is 114 Å². The van der Waals surface area contributed by atoms with Crippen LogP contribution < -0.4 is 9.83 Å². The molecule has 0 aromatic carbocycles. The van der Waals surface area contributed by atoms with E-state index in [1.54, 1.807) is 0 Å². The van der Waals surface area contributed by atoms with Gasteiger partial charge < -0.3 is 15.0 Å². The van der Waals surface area contributed by atoms with Crippen molar-refractivity contribution in [2.45, 2.75) is 25.3 Å². The second kappa shape index (κ2) is 5.58. The van der Waals surface area contributed by atoms with Gasteiger partial charge in [-0.2, -0.15) is 12.7 Å². The number of piperidine rings is 1. The summed E-state index contributed by atoms with van der Waals surface area (Å²) in [6.07, 6.45) is 2.54. The number of carboxylic acid groups (broad SMARTS) is 1. The summed E-state index contributed by atoms with van der Waals surface area (Å²) in [6, 6.07) is -1.47. The van der Waals surface area contributed by atoms with Gasteiger partial charge in [0, 0.05) is 13.1 Å². The predicted octanol–water partition coefficient (Wildman–Crippen LogP) is -3.61. The molecule has 7 nitrogen and oxygen atoms in total. The number of rotatable bonds is 5. The third kappa shape index (κ3) is 3.41. The van der Waals surface area contributed by atoms with Gasteiger partial charge in [-0.05, 0) is 12.8 Å². The summed E-state index contributed by atoms with van der Waals surface area (Å²) in [5.74, 6) is -1.58. The van der Waals surface area contributed by atoms with Crippen LogP contribution in [0.1, 0.15) is 19.3 Å². The molecular formula is C8H16N2O5S. The average molecular weight is 252 g/mol. The summed E-state index contributed by atoms with van der Waals surface area (Å²) < 4.78 is 25.4. The number of carbonyl (C=O) groups excluding carboxylic acids is 1. The van der Waals surface area contributed by atoms with Gasteiger partial charge in [0.2, 0.25) is 0 Å². The average Bonchev–Trinajstić information content (AvgIpc) is 2.27. The highest BCUT2D eigenvalue weighted by atomic mass is 32.2. The number of aliphatic hydroxyl groups excluding tert-OH is 1. The minimum Gasteiger partial charge on any atom is -0.544 e.